The monoisotopic (exact) mass is 494 g/mol. The number of hydrogen-bond acceptors (Lipinski definition) is 12. The second-order valence-electron chi connectivity index (χ2n) is 7.29. The molecule has 0 bridgehead atoms. The molecular formula is C20H26N6O5S2. The summed E-state index contributed by atoms with van der Waals surface area (Å²) in [5.74, 6) is -0.490. The lowest BCUT2D eigenvalue weighted by Crippen LogP contribution is -2.27. The SMILES string of the molecule is COC[C@H](S)C1CCN(c2cc(C(=O)Nc3nnc(/N=C(C)/C=C\N)s3)oc(=O)c2OC)C1. The summed E-state index contributed by atoms with van der Waals surface area (Å²) in [5, 5.41) is 11.0. The van der Waals surface area contributed by atoms with Gasteiger partial charge in [-0.25, -0.2) is 9.79 Å². The minimum Gasteiger partial charge on any atom is -0.488 e. The number of nitrogens with two attached hydrogens (primary N) is 1. The molecule has 2 atom stereocenters. The number of nitrogens with one attached hydrogen (secondary N) is 1. The fourth-order valence-electron chi connectivity index (χ4n) is 3.43. The first-order chi connectivity index (χ1) is 15.9. The molecule has 0 spiro atoms. The van der Waals surface area contributed by atoms with Gasteiger partial charge in [0.1, 0.15) is 0 Å². The van der Waals surface area contributed by atoms with E-state index in [0.29, 0.717) is 36.2 Å². The van der Waals surface area contributed by atoms with Crippen LogP contribution in [-0.4, -0.2) is 61.0 Å². The van der Waals surface area contributed by atoms with Crippen LogP contribution in [0.4, 0.5) is 16.0 Å². The Morgan fingerprint density at radius 1 is 1.52 bits per heavy atom. The lowest BCUT2D eigenvalue weighted by molar-refractivity contribution is 0.0991. The summed E-state index contributed by atoms with van der Waals surface area (Å²) in [5.41, 5.74) is 5.72. The van der Waals surface area contributed by atoms with Crippen molar-refractivity contribution < 1.29 is 18.7 Å². The molecule has 2 aromatic heterocycles. The molecule has 3 heterocycles. The zero-order chi connectivity index (χ0) is 24.0. The third-order valence-corrected chi connectivity index (χ3v) is 6.31. The number of aliphatic imine (C=N–C) groups is 1. The average molecular weight is 495 g/mol. The van der Waals surface area contributed by atoms with Crippen molar-refractivity contribution in [2.45, 2.75) is 18.6 Å². The molecule has 3 rings (SSSR count). The first kappa shape index (κ1) is 24.7. The van der Waals surface area contributed by atoms with Crippen molar-refractivity contribution in [3.8, 4) is 5.75 Å². The van der Waals surface area contributed by atoms with E-state index in [9.17, 15) is 9.59 Å². The largest absolute Gasteiger partial charge is 0.488 e. The fourth-order valence-corrected chi connectivity index (χ4v) is 4.49. The standard InChI is InChI=1S/C20H26N6O5S2/c1-11(4-6-21)22-19-24-25-20(33-19)23-17(27)14-8-13(16(30-3)18(28)31-14)26-7-5-12(9-26)15(32)10-29-2/h4,6,8,12,15,32H,5,7,9-10,21H2,1-3H3,(H,23,25,27)/b6-4-,22-11+/t12?,15-/m0/s1. The van der Waals surface area contributed by atoms with E-state index in [0.717, 1.165) is 17.8 Å². The number of allylic oxidation sites excluding steroid dienone is 1. The Hall–Kier alpha value is -2.90. The van der Waals surface area contributed by atoms with Crippen molar-refractivity contribution in [1.29, 1.82) is 0 Å². The van der Waals surface area contributed by atoms with Gasteiger partial charge in [-0.2, -0.15) is 12.6 Å². The number of rotatable bonds is 9. The van der Waals surface area contributed by atoms with E-state index in [1.165, 1.54) is 19.4 Å². The minimum absolute atomic E-state index is 0.0469. The molecule has 1 saturated heterocycles. The van der Waals surface area contributed by atoms with Crippen LogP contribution in [0.3, 0.4) is 0 Å². The van der Waals surface area contributed by atoms with Crippen LogP contribution in [0.1, 0.15) is 23.9 Å². The summed E-state index contributed by atoms with van der Waals surface area (Å²) >= 11 is 5.68. The number of carbonyl (C=O) groups is 1. The van der Waals surface area contributed by atoms with E-state index in [1.54, 1.807) is 20.1 Å². The van der Waals surface area contributed by atoms with Gasteiger partial charge >= 0.3 is 5.63 Å². The first-order valence-electron chi connectivity index (χ1n) is 10.1. The van der Waals surface area contributed by atoms with Crippen LogP contribution in [0, 0.1) is 5.92 Å². The number of nitrogens with zero attached hydrogens (tertiary/aromatic N) is 4. The predicted octanol–water partition coefficient (Wildman–Crippen LogP) is 2.09. The smallest absolute Gasteiger partial charge is 0.381 e. The van der Waals surface area contributed by atoms with Crippen LogP contribution in [-0.2, 0) is 4.74 Å². The summed E-state index contributed by atoms with van der Waals surface area (Å²) in [6.45, 7) is 3.61. The van der Waals surface area contributed by atoms with E-state index in [2.05, 4.69) is 33.1 Å². The van der Waals surface area contributed by atoms with Crippen LogP contribution < -0.4 is 26.3 Å². The van der Waals surface area contributed by atoms with E-state index in [-0.39, 0.29) is 27.8 Å². The van der Waals surface area contributed by atoms with E-state index >= 15 is 0 Å². The van der Waals surface area contributed by atoms with Crippen LogP contribution in [0.2, 0.25) is 0 Å². The van der Waals surface area contributed by atoms with Gasteiger partial charge in [0.25, 0.3) is 5.91 Å². The van der Waals surface area contributed by atoms with Crippen molar-refractivity contribution in [2.24, 2.45) is 16.6 Å². The second kappa shape index (κ2) is 11.3. The number of thiol groups is 1. The molecule has 0 aromatic carbocycles. The fraction of sp³-hybridized carbons (Fsp3) is 0.450. The Morgan fingerprint density at radius 3 is 3.00 bits per heavy atom. The minimum atomic E-state index is -0.741. The molecule has 0 radical (unpaired) electrons. The maximum absolute atomic E-state index is 12.8. The Balaban J connectivity index is 1.80. The number of carbonyl (C=O) groups excluding carboxylic acids is 1. The number of anilines is 2. The van der Waals surface area contributed by atoms with E-state index < -0.39 is 11.5 Å². The maximum atomic E-state index is 12.8. The summed E-state index contributed by atoms with van der Waals surface area (Å²) in [6, 6.07) is 1.50. The van der Waals surface area contributed by atoms with Crippen molar-refractivity contribution >= 4 is 51.5 Å². The molecule has 2 aromatic rings. The van der Waals surface area contributed by atoms with Crippen molar-refractivity contribution in [3.63, 3.8) is 0 Å². The average Bonchev–Trinajstić information content (AvgIpc) is 3.43. The van der Waals surface area contributed by atoms with Crippen molar-refractivity contribution in [3.05, 3.63) is 34.5 Å². The maximum Gasteiger partial charge on any atom is 0.381 e. The van der Waals surface area contributed by atoms with E-state index in [4.69, 9.17) is 19.6 Å². The van der Waals surface area contributed by atoms with Gasteiger partial charge in [0.15, 0.2) is 5.76 Å². The first-order valence-corrected chi connectivity index (χ1v) is 11.4. The van der Waals surface area contributed by atoms with Gasteiger partial charge in [-0.1, -0.05) is 11.3 Å². The van der Waals surface area contributed by atoms with Crippen molar-refractivity contribution in [2.75, 3.05) is 44.1 Å². The second-order valence-corrected chi connectivity index (χ2v) is 8.91. The van der Waals surface area contributed by atoms with Gasteiger partial charge in [-0.3, -0.25) is 10.1 Å². The predicted molar refractivity (Wildman–Crippen MR) is 130 cm³/mol. The van der Waals surface area contributed by atoms with Gasteiger partial charge in [-0.05, 0) is 31.5 Å². The molecule has 0 saturated carbocycles. The van der Waals surface area contributed by atoms with Gasteiger partial charge in [0.2, 0.25) is 16.0 Å². The summed E-state index contributed by atoms with van der Waals surface area (Å²) in [6.07, 6.45) is 3.85. The summed E-state index contributed by atoms with van der Waals surface area (Å²) in [4.78, 5) is 31.5. The molecule has 1 fully saturated rings. The van der Waals surface area contributed by atoms with Crippen LogP contribution >= 0.6 is 24.0 Å². The number of ether oxygens (including phenoxy) is 2. The Kier molecular flexibility index (Phi) is 8.47. The number of amides is 1. The lowest BCUT2D eigenvalue weighted by atomic mass is 10.1. The summed E-state index contributed by atoms with van der Waals surface area (Å²) < 4.78 is 15.7. The van der Waals surface area contributed by atoms with E-state index in [1.807, 2.05) is 4.90 Å². The highest BCUT2D eigenvalue weighted by Gasteiger charge is 2.31. The van der Waals surface area contributed by atoms with Crippen molar-refractivity contribution in [1.82, 2.24) is 10.2 Å². The van der Waals surface area contributed by atoms with Gasteiger partial charge in [0.05, 0.1) is 19.4 Å². The molecule has 13 heteroatoms. The summed E-state index contributed by atoms with van der Waals surface area (Å²) in [7, 11) is 3.03. The van der Waals surface area contributed by atoms with Crippen LogP contribution in [0.15, 0.2) is 32.5 Å². The third kappa shape index (κ3) is 6.12. The molecule has 1 aliphatic rings. The highest BCUT2D eigenvalue weighted by atomic mass is 32.1. The van der Waals surface area contributed by atoms with Gasteiger partial charge in [-0.15, -0.1) is 10.2 Å². The highest BCUT2D eigenvalue weighted by molar-refractivity contribution is 7.81. The lowest BCUT2D eigenvalue weighted by Gasteiger charge is -2.22. The number of hydrogen-bond donors (Lipinski definition) is 3. The van der Waals surface area contributed by atoms with Crippen LogP contribution in [0.5, 0.6) is 5.75 Å². The zero-order valence-corrected chi connectivity index (χ0v) is 20.2. The molecule has 1 unspecified atom stereocenters. The molecule has 178 valence electrons. The Morgan fingerprint density at radius 2 is 2.30 bits per heavy atom. The molecule has 1 aliphatic heterocycles. The quantitative estimate of drug-likeness (QED) is 0.352. The van der Waals surface area contributed by atoms with Gasteiger partial charge < -0.3 is 24.5 Å². The zero-order valence-electron chi connectivity index (χ0n) is 18.5. The topological polar surface area (TPSA) is 145 Å². The third-order valence-electron chi connectivity index (χ3n) is 5.01. The highest BCUT2D eigenvalue weighted by Crippen LogP contribution is 2.33. The molecule has 1 amide bonds. The Bertz CT molecular complexity index is 1100. The number of aromatic nitrogens is 2. The molecule has 0 aliphatic carbocycles. The molecule has 3 N–H and O–H groups in total. The molecule has 33 heavy (non-hydrogen) atoms. The Labute approximate surface area is 200 Å². The number of methoxy groups -OCH3 is 2. The molecule has 11 nitrogen and oxygen atoms in total. The van der Waals surface area contributed by atoms with Gasteiger partial charge in [0, 0.05) is 37.2 Å². The normalized spacial score (nSPS) is 17.5. The molecular weight excluding hydrogens is 468 g/mol. The van der Waals surface area contributed by atoms with Crippen LogP contribution in [0.25, 0.3) is 0 Å².